The number of carbonyl (C=O) groups is 3. The second-order valence-electron chi connectivity index (χ2n) is 8.69. The summed E-state index contributed by atoms with van der Waals surface area (Å²) >= 11 is 0. The fourth-order valence-corrected chi connectivity index (χ4v) is 4.52. The Kier molecular flexibility index (Phi) is 8.90. The minimum Gasteiger partial charge on any atom is -0.435 e. The number of hydrogen-bond acceptors (Lipinski definition) is 6. The summed E-state index contributed by atoms with van der Waals surface area (Å²) in [5.41, 5.74) is 6.83. The summed E-state index contributed by atoms with van der Waals surface area (Å²) < 4.78 is 10.3. The number of benzene rings is 1. The fourth-order valence-electron chi connectivity index (χ4n) is 4.52. The summed E-state index contributed by atoms with van der Waals surface area (Å²) in [6.07, 6.45) is 3.66. The van der Waals surface area contributed by atoms with Gasteiger partial charge in [0, 0.05) is 25.6 Å². The first-order valence-electron chi connectivity index (χ1n) is 11.7. The van der Waals surface area contributed by atoms with E-state index in [0.717, 1.165) is 37.7 Å². The lowest BCUT2D eigenvalue weighted by atomic mass is 9.86. The van der Waals surface area contributed by atoms with Gasteiger partial charge in [-0.05, 0) is 56.9 Å². The molecular formula is C24H35N3O5. The van der Waals surface area contributed by atoms with E-state index in [9.17, 15) is 14.4 Å². The lowest BCUT2D eigenvalue weighted by molar-refractivity contribution is -0.146. The third-order valence-corrected chi connectivity index (χ3v) is 6.33. The molecule has 2 fully saturated rings. The number of carbonyl (C=O) groups excluding carboxylic acids is 3. The van der Waals surface area contributed by atoms with Crippen LogP contribution >= 0.6 is 0 Å². The highest BCUT2D eigenvalue weighted by Gasteiger charge is 2.39. The van der Waals surface area contributed by atoms with E-state index in [2.05, 4.69) is 5.32 Å². The Morgan fingerprint density at radius 1 is 1.12 bits per heavy atom. The van der Waals surface area contributed by atoms with Gasteiger partial charge in [0.2, 0.25) is 5.91 Å². The van der Waals surface area contributed by atoms with Crippen molar-refractivity contribution in [3.8, 4) is 0 Å². The maximum absolute atomic E-state index is 13.3. The van der Waals surface area contributed by atoms with Crippen LogP contribution in [0.1, 0.15) is 51.0 Å². The van der Waals surface area contributed by atoms with Crippen molar-refractivity contribution in [2.75, 3.05) is 19.7 Å². The zero-order valence-electron chi connectivity index (χ0n) is 18.8. The molecule has 1 aromatic rings. The highest BCUT2D eigenvalue weighted by molar-refractivity contribution is 5.90. The predicted molar refractivity (Wildman–Crippen MR) is 120 cm³/mol. The maximum atomic E-state index is 13.3. The number of hydrogen-bond donors (Lipinski definition) is 2. The molecule has 3 rings (SSSR count). The molecule has 8 nitrogen and oxygen atoms in total. The molecule has 2 unspecified atom stereocenters. The molecule has 2 amide bonds. The Labute approximate surface area is 189 Å². The topological polar surface area (TPSA) is 111 Å². The van der Waals surface area contributed by atoms with Gasteiger partial charge in [0.05, 0.1) is 6.61 Å². The minimum atomic E-state index is -1.04. The van der Waals surface area contributed by atoms with E-state index in [1.54, 1.807) is 11.8 Å². The van der Waals surface area contributed by atoms with Crippen LogP contribution in [0.5, 0.6) is 0 Å². The van der Waals surface area contributed by atoms with Crippen molar-refractivity contribution in [2.24, 2.45) is 11.7 Å². The van der Waals surface area contributed by atoms with Crippen LogP contribution in [0.3, 0.4) is 0 Å². The van der Waals surface area contributed by atoms with Crippen molar-refractivity contribution in [1.29, 1.82) is 0 Å². The third kappa shape index (κ3) is 6.69. The molecule has 1 saturated carbocycles. The molecule has 0 bridgehead atoms. The van der Waals surface area contributed by atoms with Crippen LogP contribution in [0, 0.1) is 5.92 Å². The van der Waals surface area contributed by atoms with Crippen molar-refractivity contribution >= 4 is 18.0 Å². The molecule has 1 aromatic carbocycles. The predicted octanol–water partition coefficient (Wildman–Crippen LogP) is 2.40. The number of likely N-dealkylation sites (tertiary alicyclic amines) is 1. The number of nitrogens with one attached hydrogen (secondary N) is 1. The summed E-state index contributed by atoms with van der Waals surface area (Å²) in [5.74, 6) is -0.0641. The first kappa shape index (κ1) is 24.0. The second-order valence-corrected chi connectivity index (χ2v) is 8.69. The van der Waals surface area contributed by atoms with Gasteiger partial charge in [-0.1, -0.05) is 30.3 Å². The maximum Gasteiger partial charge on any atom is 0.509 e. The largest absolute Gasteiger partial charge is 0.509 e. The molecule has 0 spiro atoms. The Bertz CT molecular complexity index is 764. The molecule has 1 saturated heterocycles. The first-order chi connectivity index (χ1) is 15.5. The quantitative estimate of drug-likeness (QED) is 0.595. The zero-order chi connectivity index (χ0) is 22.9. The molecule has 1 heterocycles. The van der Waals surface area contributed by atoms with Crippen LogP contribution in [-0.2, 0) is 25.5 Å². The zero-order valence-corrected chi connectivity index (χ0v) is 18.8. The van der Waals surface area contributed by atoms with Crippen molar-refractivity contribution < 1.29 is 23.9 Å². The Morgan fingerprint density at radius 2 is 1.84 bits per heavy atom. The molecule has 0 aromatic heterocycles. The highest BCUT2D eigenvalue weighted by atomic mass is 16.7. The summed E-state index contributed by atoms with van der Waals surface area (Å²) in [4.78, 5) is 39.8. The summed E-state index contributed by atoms with van der Waals surface area (Å²) in [7, 11) is 0. The van der Waals surface area contributed by atoms with E-state index in [1.165, 1.54) is 0 Å². The van der Waals surface area contributed by atoms with Gasteiger partial charge in [0.15, 0.2) is 6.10 Å². The lowest BCUT2D eigenvalue weighted by Crippen LogP contribution is -2.51. The van der Waals surface area contributed by atoms with Crippen molar-refractivity contribution in [3.05, 3.63) is 35.9 Å². The number of rotatable bonds is 8. The standard InChI is InChI=1S/C24H35N3O5/c1-2-31-24(30)32-21(15-17-7-4-3-5-8-17)23(29)27-14-6-9-20(27)22(28)26-16-18-10-12-19(25)13-11-18/h3-5,7-8,18-21H,2,6,9-16,25H2,1H3,(H,26,28). The van der Waals surface area contributed by atoms with Gasteiger partial charge in [0.25, 0.3) is 5.91 Å². The van der Waals surface area contributed by atoms with Crippen molar-refractivity contribution in [1.82, 2.24) is 10.2 Å². The van der Waals surface area contributed by atoms with Crippen molar-refractivity contribution in [2.45, 2.75) is 70.1 Å². The smallest absolute Gasteiger partial charge is 0.435 e. The SMILES string of the molecule is CCOC(=O)OC(Cc1ccccc1)C(=O)N1CCCC1C(=O)NCC1CCC(N)CC1. The van der Waals surface area contributed by atoms with Crippen LogP contribution in [0.25, 0.3) is 0 Å². The third-order valence-electron chi connectivity index (χ3n) is 6.33. The molecule has 1 aliphatic heterocycles. The van der Waals surface area contributed by atoms with Crippen LogP contribution in [0.2, 0.25) is 0 Å². The summed E-state index contributed by atoms with van der Waals surface area (Å²) in [5, 5.41) is 3.04. The number of nitrogens with two attached hydrogens (primary N) is 1. The average Bonchev–Trinajstić information content (AvgIpc) is 3.28. The highest BCUT2D eigenvalue weighted by Crippen LogP contribution is 2.24. The Morgan fingerprint density at radius 3 is 2.53 bits per heavy atom. The molecule has 176 valence electrons. The molecule has 2 aliphatic rings. The van der Waals surface area contributed by atoms with Gasteiger partial charge in [-0.25, -0.2) is 4.79 Å². The van der Waals surface area contributed by atoms with E-state index < -0.39 is 18.3 Å². The second kappa shape index (κ2) is 11.9. The monoisotopic (exact) mass is 445 g/mol. The van der Waals surface area contributed by atoms with E-state index in [-0.39, 0.29) is 30.9 Å². The fraction of sp³-hybridized carbons (Fsp3) is 0.625. The van der Waals surface area contributed by atoms with Gasteiger partial charge in [-0.3, -0.25) is 9.59 Å². The normalized spacial score (nSPS) is 23.9. The van der Waals surface area contributed by atoms with Gasteiger partial charge in [0.1, 0.15) is 6.04 Å². The van der Waals surface area contributed by atoms with Crippen LogP contribution in [-0.4, -0.2) is 60.8 Å². The van der Waals surface area contributed by atoms with Crippen LogP contribution in [0.15, 0.2) is 30.3 Å². The first-order valence-corrected chi connectivity index (χ1v) is 11.7. The Hall–Kier alpha value is -2.61. The van der Waals surface area contributed by atoms with E-state index in [1.807, 2.05) is 30.3 Å². The van der Waals surface area contributed by atoms with Gasteiger partial charge in [-0.15, -0.1) is 0 Å². The molecule has 3 N–H and O–H groups in total. The van der Waals surface area contributed by atoms with E-state index in [4.69, 9.17) is 15.2 Å². The van der Waals surface area contributed by atoms with Gasteiger partial charge >= 0.3 is 6.16 Å². The minimum absolute atomic E-state index is 0.139. The van der Waals surface area contributed by atoms with Crippen molar-refractivity contribution in [3.63, 3.8) is 0 Å². The Balaban J connectivity index is 1.62. The number of ether oxygens (including phenoxy) is 2. The number of nitrogens with zero attached hydrogens (tertiary/aromatic N) is 1. The molecule has 0 radical (unpaired) electrons. The van der Waals surface area contributed by atoms with Gasteiger partial charge < -0.3 is 25.4 Å². The van der Waals surface area contributed by atoms with E-state index in [0.29, 0.717) is 25.4 Å². The lowest BCUT2D eigenvalue weighted by Gasteiger charge is -2.29. The molecular weight excluding hydrogens is 410 g/mol. The molecule has 32 heavy (non-hydrogen) atoms. The van der Waals surface area contributed by atoms with E-state index >= 15 is 0 Å². The van der Waals surface area contributed by atoms with Crippen LogP contribution in [0.4, 0.5) is 4.79 Å². The molecule has 2 atom stereocenters. The van der Waals surface area contributed by atoms with Crippen LogP contribution < -0.4 is 11.1 Å². The summed E-state index contributed by atoms with van der Waals surface area (Å²) in [6.45, 7) is 2.91. The van der Waals surface area contributed by atoms with Gasteiger partial charge in [-0.2, -0.15) is 0 Å². The molecule has 1 aliphatic carbocycles. The average molecular weight is 446 g/mol. The summed E-state index contributed by atoms with van der Waals surface area (Å²) in [6, 6.07) is 9.09. The molecule has 8 heteroatoms. The number of amides is 2.